The lowest BCUT2D eigenvalue weighted by molar-refractivity contribution is -0.127. The van der Waals surface area contributed by atoms with Gasteiger partial charge < -0.3 is 24.8 Å². The number of carbonyl (C=O) groups is 3. The zero-order valence-corrected chi connectivity index (χ0v) is 21.8. The van der Waals surface area contributed by atoms with Crippen molar-refractivity contribution in [2.75, 3.05) is 41.0 Å². The lowest BCUT2D eigenvalue weighted by Gasteiger charge is -2.20. The van der Waals surface area contributed by atoms with E-state index in [9.17, 15) is 23.9 Å². The summed E-state index contributed by atoms with van der Waals surface area (Å²) in [7, 11) is 4.66. The number of methoxy groups -OCH3 is 1. The second-order valence-corrected chi connectivity index (χ2v) is 9.64. The summed E-state index contributed by atoms with van der Waals surface area (Å²) in [6.45, 7) is 0.265. The van der Waals surface area contributed by atoms with Crippen molar-refractivity contribution >= 4 is 23.4 Å². The van der Waals surface area contributed by atoms with Gasteiger partial charge in [0.05, 0.1) is 43.7 Å². The second-order valence-electron chi connectivity index (χ2n) is 9.64. The van der Waals surface area contributed by atoms with Gasteiger partial charge in [-0.3, -0.25) is 14.4 Å². The summed E-state index contributed by atoms with van der Waals surface area (Å²) in [6.07, 6.45) is 2.25. The average Bonchev–Trinajstić information content (AvgIpc) is 3.38. The van der Waals surface area contributed by atoms with Gasteiger partial charge in [0.2, 0.25) is 5.91 Å². The maximum Gasteiger partial charge on any atom is 0.280 e. The molecule has 1 heterocycles. The fourth-order valence-corrected chi connectivity index (χ4v) is 4.83. The van der Waals surface area contributed by atoms with Gasteiger partial charge in [-0.05, 0) is 66.1 Å². The maximum absolute atomic E-state index is 14.9. The number of benzene rings is 2. The molecule has 10 heteroatoms. The van der Waals surface area contributed by atoms with Gasteiger partial charge >= 0.3 is 0 Å². The molecule has 0 radical (unpaired) electrons. The third-order valence-electron chi connectivity index (χ3n) is 6.86. The van der Waals surface area contributed by atoms with Gasteiger partial charge in [-0.25, -0.2) is 9.38 Å². The molecule has 1 saturated heterocycles. The number of carbonyl (C=O) groups excluding carboxylic acids is 3. The first-order valence-electron chi connectivity index (χ1n) is 12.6. The molecule has 1 aliphatic heterocycles. The number of rotatable bonds is 7. The third kappa shape index (κ3) is 5.92. The summed E-state index contributed by atoms with van der Waals surface area (Å²) in [5.41, 5.74) is 4.05. The minimum absolute atomic E-state index is 0.101. The van der Waals surface area contributed by atoms with E-state index >= 15 is 0 Å². The van der Waals surface area contributed by atoms with Crippen LogP contribution in [0.1, 0.15) is 55.8 Å². The molecule has 2 aromatic carbocycles. The highest BCUT2D eigenvalue weighted by molar-refractivity contribution is 6.07. The number of aliphatic imine (C=N–C) groups is 1. The monoisotopic (exact) mass is 525 g/mol. The molecule has 9 nitrogen and oxygen atoms in total. The summed E-state index contributed by atoms with van der Waals surface area (Å²) in [5.74, 6) is -1.68. The highest BCUT2D eigenvalue weighted by atomic mass is 19.1. The minimum atomic E-state index is -0.924. The number of amides is 3. The molecule has 1 fully saturated rings. The summed E-state index contributed by atoms with van der Waals surface area (Å²) in [4.78, 5) is 42.8. The van der Waals surface area contributed by atoms with Crippen LogP contribution < -0.4 is 10.1 Å². The van der Waals surface area contributed by atoms with E-state index in [4.69, 9.17) is 9.47 Å². The molecule has 4 rings (SSSR count). The molecule has 0 saturated carbocycles. The lowest BCUT2D eigenvalue weighted by Crippen LogP contribution is -2.36. The minimum Gasteiger partial charge on any atom is -0.496 e. The highest BCUT2D eigenvalue weighted by Gasteiger charge is 2.27. The van der Waals surface area contributed by atoms with Gasteiger partial charge in [0.25, 0.3) is 11.8 Å². The number of hydrogen-bond acceptors (Lipinski definition) is 6. The molecule has 3 amide bonds. The van der Waals surface area contributed by atoms with Crippen LogP contribution in [0.4, 0.5) is 4.39 Å². The summed E-state index contributed by atoms with van der Waals surface area (Å²) < 4.78 is 25.8. The molecule has 1 aliphatic carbocycles. The van der Waals surface area contributed by atoms with E-state index in [1.165, 1.54) is 24.1 Å². The van der Waals surface area contributed by atoms with Crippen LogP contribution >= 0.6 is 0 Å². The average molecular weight is 526 g/mol. The van der Waals surface area contributed by atoms with E-state index in [1.807, 2.05) is 0 Å². The van der Waals surface area contributed by atoms with Crippen LogP contribution in [0.15, 0.2) is 29.3 Å². The molecule has 38 heavy (non-hydrogen) atoms. The zero-order valence-electron chi connectivity index (χ0n) is 21.8. The van der Waals surface area contributed by atoms with E-state index in [1.54, 1.807) is 26.2 Å². The van der Waals surface area contributed by atoms with E-state index in [0.717, 1.165) is 36.0 Å². The summed E-state index contributed by atoms with van der Waals surface area (Å²) in [6, 6.07) is 6.10. The van der Waals surface area contributed by atoms with Crippen LogP contribution in [-0.2, 0) is 28.8 Å². The van der Waals surface area contributed by atoms with E-state index in [2.05, 4.69) is 10.3 Å². The fourth-order valence-electron chi connectivity index (χ4n) is 4.83. The van der Waals surface area contributed by atoms with Crippen molar-refractivity contribution in [2.24, 2.45) is 4.99 Å². The molecule has 2 N–H and O–H groups in total. The van der Waals surface area contributed by atoms with Crippen molar-refractivity contribution in [1.82, 2.24) is 10.2 Å². The van der Waals surface area contributed by atoms with Gasteiger partial charge in [-0.2, -0.15) is 0 Å². The SMILES string of the molecule is COc1c(C(=O)N=C2CCOC[C@@H]2O)cc(Cc2ccc(C(=O)NCC(=O)N(C)C)c(F)c2)c2c1CCC2. The number of fused-ring (bicyclic) bond motifs is 1. The highest BCUT2D eigenvalue weighted by Crippen LogP contribution is 2.38. The first kappa shape index (κ1) is 27.4. The number of aliphatic hydroxyl groups excluding tert-OH is 1. The van der Waals surface area contributed by atoms with Crippen molar-refractivity contribution in [3.8, 4) is 5.75 Å². The smallest absolute Gasteiger partial charge is 0.280 e. The number of hydrogen-bond donors (Lipinski definition) is 2. The Hall–Kier alpha value is -3.63. The van der Waals surface area contributed by atoms with Crippen LogP contribution in [-0.4, -0.2) is 80.5 Å². The largest absolute Gasteiger partial charge is 0.496 e. The van der Waals surface area contributed by atoms with Crippen molar-refractivity contribution in [1.29, 1.82) is 0 Å². The zero-order chi connectivity index (χ0) is 27.4. The number of nitrogens with zero attached hydrogens (tertiary/aromatic N) is 2. The Morgan fingerprint density at radius 1 is 1.16 bits per heavy atom. The quantitative estimate of drug-likeness (QED) is 0.572. The van der Waals surface area contributed by atoms with Crippen molar-refractivity contribution in [3.63, 3.8) is 0 Å². The Kier molecular flexibility index (Phi) is 8.53. The maximum atomic E-state index is 14.9. The fraction of sp³-hybridized carbons (Fsp3) is 0.429. The molecular formula is C28H32FN3O6. The number of halogens is 1. The first-order chi connectivity index (χ1) is 18.2. The van der Waals surface area contributed by atoms with E-state index in [0.29, 0.717) is 42.0 Å². The first-order valence-corrected chi connectivity index (χ1v) is 12.6. The molecule has 2 aliphatic rings. The van der Waals surface area contributed by atoms with Gasteiger partial charge in [0.1, 0.15) is 17.7 Å². The Labute approximate surface area is 220 Å². The molecule has 202 valence electrons. The predicted octanol–water partition coefficient (Wildman–Crippen LogP) is 2.09. The Balaban J connectivity index is 1.61. The van der Waals surface area contributed by atoms with Crippen molar-refractivity contribution in [2.45, 2.75) is 38.2 Å². The summed E-state index contributed by atoms with van der Waals surface area (Å²) in [5, 5.41) is 12.6. The molecule has 0 bridgehead atoms. The predicted molar refractivity (Wildman–Crippen MR) is 138 cm³/mol. The molecule has 1 atom stereocenters. The van der Waals surface area contributed by atoms with E-state index < -0.39 is 23.7 Å². The molecule has 2 aromatic rings. The van der Waals surface area contributed by atoms with Crippen LogP contribution in [0.25, 0.3) is 0 Å². The number of aliphatic hydroxyl groups is 1. The molecule has 0 aromatic heterocycles. The summed E-state index contributed by atoms with van der Waals surface area (Å²) >= 11 is 0. The van der Waals surface area contributed by atoms with Crippen LogP contribution in [0, 0.1) is 5.82 Å². The van der Waals surface area contributed by atoms with Gasteiger partial charge in [0, 0.05) is 20.5 Å². The van der Waals surface area contributed by atoms with Crippen molar-refractivity contribution in [3.05, 3.63) is 63.5 Å². The van der Waals surface area contributed by atoms with Crippen LogP contribution in [0.5, 0.6) is 5.75 Å². The van der Waals surface area contributed by atoms with Crippen molar-refractivity contribution < 1.29 is 33.4 Å². The number of likely N-dealkylation sites (N-methyl/N-ethyl adjacent to an activating group) is 1. The number of nitrogens with one attached hydrogen (secondary N) is 1. The Morgan fingerprint density at radius 2 is 1.92 bits per heavy atom. The Bertz CT molecular complexity index is 1290. The topological polar surface area (TPSA) is 118 Å². The molecule has 0 spiro atoms. The Morgan fingerprint density at radius 3 is 2.61 bits per heavy atom. The normalized spacial score (nSPS) is 17.7. The van der Waals surface area contributed by atoms with Crippen LogP contribution in [0.3, 0.4) is 0 Å². The molecular weight excluding hydrogens is 493 g/mol. The van der Waals surface area contributed by atoms with E-state index in [-0.39, 0.29) is 24.6 Å². The third-order valence-corrected chi connectivity index (χ3v) is 6.86. The van der Waals surface area contributed by atoms with Gasteiger partial charge in [-0.1, -0.05) is 6.07 Å². The van der Waals surface area contributed by atoms with Crippen LogP contribution in [0.2, 0.25) is 0 Å². The van der Waals surface area contributed by atoms with Gasteiger partial charge in [0.15, 0.2) is 0 Å². The lowest BCUT2D eigenvalue weighted by atomic mass is 9.92. The standard InChI is InChI=1S/C28H32FN3O6/c1-32(2)25(34)14-30-27(35)20-8-7-16(12-22(20)29)11-17-13-21(26(37-3)19-6-4-5-18(17)19)28(36)31-23-9-10-38-15-24(23)33/h7-8,12-13,24,33H,4-6,9-11,14-15H2,1-3H3,(H,30,35)/t24-/m0/s1. The van der Waals surface area contributed by atoms with Gasteiger partial charge in [-0.15, -0.1) is 0 Å². The number of ether oxygens (including phenoxy) is 2. The molecule has 0 unspecified atom stereocenters. The second kappa shape index (κ2) is 11.8.